The third-order valence-electron chi connectivity index (χ3n) is 3.76. The number of hydrogen-bond donors (Lipinski definition) is 1. The van der Waals surface area contributed by atoms with Gasteiger partial charge in [-0.05, 0) is 39.7 Å². The van der Waals surface area contributed by atoms with E-state index in [0.29, 0.717) is 25.0 Å². The van der Waals surface area contributed by atoms with Gasteiger partial charge in [-0.1, -0.05) is 0 Å². The summed E-state index contributed by atoms with van der Waals surface area (Å²) in [6.45, 7) is 9.24. The fourth-order valence-corrected chi connectivity index (χ4v) is 2.60. The predicted molar refractivity (Wildman–Crippen MR) is 68.0 cm³/mol. The molecule has 2 aliphatic rings. The van der Waals surface area contributed by atoms with E-state index < -0.39 is 0 Å². The maximum atomic E-state index is 5.64. The van der Waals surface area contributed by atoms with Crippen LogP contribution >= 0.6 is 0 Å². The topological polar surface area (TPSA) is 33.7 Å². The van der Waals surface area contributed by atoms with E-state index in [0.717, 1.165) is 26.1 Å². The molecule has 2 unspecified atom stereocenters. The van der Waals surface area contributed by atoms with Crippen molar-refractivity contribution in [2.24, 2.45) is 0 Å². The molecule has 17 heavy (non-hydrogen) atoms. The molecular weight excluding hydrogens is 216 g/mol. The van der Waals surface area contributed by atoms with Crippen molar-refractivity contribution >= 4 is 0 Å². The highest BCUT2D eigenvalue weighted by atomic mass is 16.7. The van der Waals surface area contributed by atoms with Crippen molar-refractivity contribution in [3.63, 3.8) is 0 Å². The lowest BCUT2D eigenvalue weighted by molar-refractivity contribution is -0.146. The normalized spacial score (nSPS) is 30.4. The van der Waals surface area contributed by atoms with E-state index in [-0.39, 0.29) is 0 Å². The Hall–Kier alpha value is -0.160. The molecule has 0 aromatic carbocycles. The Labute approximate surface area is 105 Å². The standard InChI is InChI=1S/C13H26N2O2/c1-11(2)15(8-12-4-3-6-14-12)9-13-5-7-16-10-17-13/h11-14H,3-10H2,1-2H3. The molecule has 0 spiro atoms. The van der Waals surface area contributed by atoms with Crippen LogP contribution in [0.3, 0.4) is 0 Å². The van der Waals surface area contributed by atoms with Crippen molar-refractivity contribution in [3.8, 4) is 0 Å². The Morgan fingerprint density at radius 3 is 2.76 bits per heavy atom. The summed E-state index contributed by atoms with van der Waals surface area (Å²) in [7, 11) is 0. The van der Waals surface area contributed by atoms with Gasteiger partial charge < -0.3 is 14.8 Å². The molecule has 0 saturated carbocycles. The van der Waals surface area contributed by atoms with Gasteiger partial charge >= 0.3 is 0 Å². The van der Waals surface area contributed by atoms with Crippen LogP contribution in [-0.4, -0.2) is 56.1 Å². The van der Waals surface area contributed by atoms with Crippen LogP contribution in [0.5, 0.6) is 0 Å². The second-order valence-corrected chi connectivity index (χ2v) is 5.44. The smallest absolute Gasteiger partial charge is 0.147 e. The highest BCUT2D eigenvalue weighted by Crippen LogP contribution is 2.13. The summed E-state index contributed by atoms with van der Waals surface area (Å²) in [6, 6.07) is 1.26. The first-order valence-electron chi connectivity index (χ1n) is 6.92. The zero-order chi connectivity index (χ0) is 12.1. The van der Waals surface area contributed by atoms with Crippen molar-refractivity contribution in [2.75, 3.05) is 33.0 Å². The van der Waals surface area contributed by atoms with Crippen LogP contribution in [0.2, 0.25) is 0 Å². The number of hydrogen-bond acceptors (Lipinski definition) is 4. The minimum Gasteiger partial charge on any atom is -0.355 e. The van der Waals surface area contributed by atoms with E-state index in [1.54, 1.807) is 0 Å². The van der Waals surface area contributed by atoms with Gasteiger partial charge in [0.05, 0.1) is 12.7 Å². The van der Waals surface area contributed by atoms with Gasteiger partial charge in [-0.2, -0.15) is 0 Å². The molecule has 0 aromatic heterocycles. The molecule has 0 aliphatic carbocycles. The summed E-state index contributed by atoms with van der Waals surface area (Å²) in [4.78, 5) is 2.54. The molecule has 0 bridgehead atoms. The minimum absolute atomic E-state index is 0.354. The number of rotatable bonds is 5. The van der Waals surface area contributed by atoms with E-state index in [9.17, 15) is 0 Å². The Balaban J connectivity index is 1.78. The van der Waals surface area contributed by atoms with Crippen LogP contribution < -0.4 is 5.32 Å². The average Bonchev–Trinajstić information content (AvgIpc) is 2.82. The van der Waals surface area contributed by atoms with Gasteiger partial charge in [-0.15, -0.1) is 0 Å². The summed E-state index contributed by atoms with van der Waals surface area (Å²) in [6.07, 6.45) is 4.02. The number of nitrogens with zero attached hydrogens (tertiary/aromatic N) is 1. The lowest BCUT2D eigenvalue weighted by Crippen LogP contribution is -2.46. The molecule has 2 atom stereocenters. The van der Waals surface area contributed by atoms with E-state index in [1.807, 2.05) is 0 Å². The largest absolute Gasteiger partial charge is 0.355 e. The van der Waals surface area contributed by atoms with Crippen molar-refractivity contribution in [1.29, 1.82) is 0 Å². The van der Waals surface area contributed by atoms with Gasteiger partial charge in [0.15, 0.2) is 0 Å². The average molecular weight is 242 g/mol. The lowest BCUT2D eigenvalue weighted by Gasteiger charge is -2.34. The van der Waals surface area contributed by atoms with E-state index in [2.05, 4.69) is 24.1 Å². The third-order valence-corrected chi connectivity index (χ3v) is 3.76. The lowest BCUT2D eigenvalue weighted by atomic mass is 10.1. The van der Waals surface area contributed by atoms with Gasteiger partial charge in [-0.3, -0.25) is 4.90 Å². The van der Waals surface area contributed by atoms with Gasteiger partial charge in [0.25, 0.3) is 0 Å². The van der Waals surface area contributed by atoms with Crippen molar-refractivity contribution in [3.05, 3.63) is 0 Å². The van der Waals surface area contributed by atoms with Gasteiger partial charge in [0.1, 0.15) is 6.79 Å². The van der Waals surface area contributed by atoms with E-state index in [4.69, 9.17) is 9.47 Å². The molecule has 1 N–H and O–H groups in total. The van der Waals surface area contributed by atoms with E-state index in [1.165, 1.54) is 19.4 Å². The molecule has 2 heterocycles. The van der Waals surface area contributed by atoms with Crippen LogP contribution in [0.15, 0.2) is 0 Å². The fraction of sp³-hybridized carbons (Fsp3) is 1.00. The minimum atomic E-state index is 0.354. The molecule has 4 nitrogen and oxygen atoms in total. The van der Waals surface area contributed by atoms with Crippen molar-refractivity contribution in [1.82, 2.24) is 10.2 Å². The zero-order valence-corrected chi connectivity index (χ0v) is 11.2. The molecule has 4 heteroatoms. The second kappa shape index (κ2) is 6.69. The first-order valence-corrected chi connectivity index (χ1v) is 6.92. The monoisotopic (exact) mass is 242 g/mol. The van der Waals surface area contributed by atoms with Gasteiger partial charge in [0.2, 0.25) is 0 Å². The van der Waals surface area contributed by atoms with Crippen LogP contribution in [0.1, 0.15) is 33.1 Å². The fourth-order valence-electron chi connectivity index (χ4n) is 2.60. The van der Waals surface area contributed by atoms with Crippen LogP contribution in [0.4, 0.5) is 0 Å². The maximum Gasteiger partial charge on any atom is 0.147 e. The molecule has 100 valence electrons. The highest BCUT2D eigenvalue weighted by Gasteiger charge is 2.23. The van der Waals surface area contributed by atoms with Gasteiger partial charge in [-0.25, -0.2) is 0 Å². The highest BCUT2D eigenvalue weighted by molar-refractivity contribution is 4.80. The summed E-state index contributed by atoms with van der Waals surface area (Å²) >= 11 is 0. The predicted octanol–water partition coefficient (Wildman–Crippen LogP) is 1.21. The summed E-state index contributed by atoms with van der Waals surface area (Å²) in [5, 5.41) is 3.57. The van der Waals surface area contributed by atoms with Crippen LogP contribution in [0.25, 0.3) is 0 Å². The van der Waals surface area contributed by atoms with E-state index >= 15 is 0 Å². The Morgan fingerprint density at radius 1 is 1.29 bits per heavy atom. The molecule has 0 amide bonds. The van der Waals surface area contributed by atoms with Gasteiger partial charge in [0, 0.05) is 25.2 Å². The Bertz CT molecular complexity index is 211. The summed E-state index contributed by atoms with van der Waals surface area (Å²) in [5.74, 6) is 0. The maximum absolute atomic E-state index is 5.64. The van der Waals surface area contributed by atoms with Crippen LogP contribution in [0, 0.1) is 0 Å². The molecule has 2 rings (SSSR count). The molecule has 2 saturated heterocycles. The van der Waals surface area contributed by atoms with Crippen LogP contribution in [-0.2, 0) is 9.47 Å². The second-order valence-electron chi connectivity index (χ2n) is 5.44. The molecule has 2 fully saturated rings. The first kappa shape index (κ1) is 13.3. The number of ether oxygens (including phenoxy) is 2. The molecule has 0 radical (unpaired) electrons. The quantitative estimate of drug-likeness (QED) is 0.786. The third kappa shape index (κ3) is 4.21. The summed E-state index contributed by atoms with van der Waals surface area (Å²) < 4.78 is 10.9. The zero-order valence-electron chi connectivity index (χ0n) is 11.2. The molecular formula is C13H26N2O2. The SMILES string of the molecule is CC(C)N(CC1CCCN1)CC1CCOCO1. The Kier molecular flexibility index (Phi) is 5.22. The Morgan fingerprint density at radius 2 is 2.18 bits per heavy atom. The van der Waals surface area contributed by atoms with Crippen molar-refractivity contribution in [2.45, 2.75) is 51.3 Å². The number of nitrogens with one attached hydrogen (secondary N) is 1. The molecule has 0 aromatic rings. The molecule has 2 aliphatic heterocycles. The summed E-state index contributed by atoms with van der Waals surface area (Å²) in [5.41, 5.74) is 0. The van der Waals surface area contributed by atoms with Crippen molar-refractivity contribution < 1.29 is 9.47 Å². The first-order chi connectivity index (χ1) is 8.25.